The third kappa shape index (κ3) is 4.00. The molecular formula is C22H22O4. The van der Waals surface area contributed by atoms with E-state index in [1.807, 2.05) is 86.6 Å². The third-order valence-electron chi connectivity index (χ3n) is 4.51. The first kappa shape index (κ1) is 18.3. The van der Waals surface area contributed by atoms with Crippen molar-refractivity contribution in [2.45, 2.75) is 26.1 Å². The summed E-state index contributed by atoms with van der Waals surface area (Å²) in [5, 5.41) is 18.7. The molecule has 0 saturated carbocycles. The first-order chi connectivity index (χ1) is 12.6. The molecule has 4 heteroatoms. The van der Waals surface area contributed by atoms with Crippen LogP contribution in [0.5, 0.6) is 0 Å². The molecule has 0 heterocycles. The van der Waals surface area contributed by atoms with Crippen LogP contribution >= 0.6 is 0 Å². The number of hydrogen-bond acceptors (Lipinski definition) is 4. The average Bonchev–Trinajstić information content (AvgIpc) is 2.67. The molecule has 26 heavy (non-hydrogen) atoms. The molecule has 134 valence electrons. The normalized spacial score (nSPS) is 13.4. The van der Waals surface area contributed by atoms with Crippen LogP contribution in [0.2, 0.25) is 0 Å². The minimum absolute atomic E-state index is 0.572. The monoisotopic (exact) mass is 350 g/mol. The van der Waals surface area contributed by atoms with Gasteiger partial charge in [0.2, 0.25) is 0 Å². The molecule has 4 nitrogen and oxygen atoms in total. The van der Waals surface area contributed by atoms with E-state index in [-0.39, 0.29) is 0 Å². The zero-order valence-corrected chi connectivity index (χ0v) is 14.8. The van der Waals surface area contributed by atoms with Gasteiger partial charge >= 0.3 is 0 Å². The van der Waals surface area contributed by atoms with Crippen molar-refractivity contribution in [2.24, 2.45) is 0 Å². The molecule has 3 aromatic rings. The van der Waals surface area contributed by atoms with Crippen molar-refractivity contribution in [3.8, 4) is 0 Å². The second-order valence-electron chi connectivity index (χ2n) is 6.46. The number of aryl methyl sites for hydroxylation is 2. The molecule has 3 rings (SSSR count). The second kappa shape index (κ2) is 8.25. The Bertz CT molecular complexity index is 751. The van der Waals surface area contributed by atoms with E-state index in [0.29, 0.717) is 0 Å². The summed E-state index contributed by atoms with van der Waals surface area (Å²) in [6.45, 7) is 4.01. The fraction of sp³-hybridized carbons (Fsp3) is 0.182. The minimum atomic E-state index is -0.572. The van der Waals surface area contributed by atoms with Gasteiger partial charge in [-0.3, -0.25) is 10.5 Å². The summed E-state index contributed by atoms with van der Waals surface area (Å²) in [5.41, 5.74) is 5.61. The lowest BCUT2D eigenvalue weighted by Crippen LogP contribution is -2.06. The first-order valence-corrected chi connectivity index (χ1v) is 8.46. The van der Waals surface area contributed by atoms with Gasteiger partial charge in [0.15, 0.2) is 0 Å². The largest absolute Gasteiger partial charge is 0.251 e. The Hall–Kier alpha value is -2.50. The van der Waals surface area contributed by atoms with Crippen molar-refractivity contribution in [3.05, 3.63) is 106 Å². The van der Waals surface area contributed by atoms with Crippen LogP contribution in [0.1, 0.15) is 45.6 Å². The van der Waals surface area contributed by atoms with Crippen molar-refractivity contribution >= 4 is 0 Å². The van der Waals surface area contributed by atoms with Crippen LogP contribution in [0.4, 0.5) is 0 Å². The Balaban J connectivity index is 1.86. The van der Waals surface area contributed by atoms with Crippen molar-refractivity contribution in [3.63, 3.8) is 0 Å². The number of hydrogen-bond donors (Lipinski definition) is 2. The maximum atomic E-state index is 9.37. The van der Waals surface area contributed by atoms with Crippen molar-refractivity contribution in [2.75, 3.05) is 0 Å². The molecule has 0 aromatic heterocycles. The van der Waals surface area contributed by atoms with Gasteiger partial charge in [0.1, 0.15) is 12.2 Å². The molecule has 2 unspecified atom stereocenters. The molecule has 2 atom stereocenters. The smallest absolute Gasteiger partial charge is 0.143 e. The molecule has 0 bridgehead atoms. The highest BCUT2D eigenvalue weighted by Crippen LogP contribution is 2.30. The molecule has 0 aliphatic carbocycles. The van der Waals surface area contributed by atoms with Crippen LogP contribution < -0.4 is 0 Å². The summed E-state index contributed by atoms with van der Waals surface area (Å²) in [5.74, 6) is 0. The SMILES string of the molecule is Cc1ccc(C(OO)c2ccc(C(OO)c3ccc(C)cc3)cc2)cc1. The van der Waals surface area contributed by atoms with Crippen LogP contribution in [-0.4, -0.2) is 10.5 Å². The molecule has 2 N–H and O–H groups in total. The summed E-state index contributed by atoms with van der Waals surface area (Å²) < 4.78 is 0. The minimum Gasteiger partial charge on any atom is -0.251 e. The highest BCUT2D eigenvalue weighted by Gasteiger charge is 2.18. The lowest BCUT2D eigenvalue weighted by molar-refractivity contribution is -0.271. The summed E-state index contributed by atoms with van der Waals surface area (Å²) >= 11 is 0. The predicted octanol–water partition coefficient (Wildman–Crippen LogP) is 5.46. The Kier molecular flexibility index (Phi) is 5.81. The summed E-state index contributed by atoms with van der Waals surface area (Å²) in [4.78, 5) is 9.41. The summed E-state index contributed by atoms with van der Waals surface area (Å²) in [6.07, 6.45) is -1.14. The van der Waals surface area contributed by atoms with Gasteiger partial charge in [-0.15, -0.1) is 0 Å². The molecule has 0 saturated heterocycles. The maximum absolute atomic E-state index is 9.37. The lowest BCUT2D eigenvalue weighted by atomic mass is 9.96. The predicted molar refractivity (Wildman–Crippen MR) is 99.9 cm³/mol. The van der Waals surface area contributed by atoms with Gasteiger partial charge in [0, 0.05) is 0 Å². The quantitative estimate of drug-likeness (QED) is 0.458. The Morgan fingerprint density at radius 3 is 0.962 bits per heavy atom. The average molecular weight is 350 g/mol. The molecule has 0 spiro atoms. The van der Waals surface area contributed by atoms with E-state index >= 15 is 0 Å². The van der Waals surface area contributed by atoms with E-state index < -0.39 is 12.2 Å². The van der Waals surface area contributed by atoms with E-state index in [9.17, 15) is 10.5 Å². The molecule has 3 aromatic carbocycles. The maximum Gasteiger partial charge on any atom is 0.143 e. The molecule has 0 aliphatic rings. The molecule has 0 fully saturated rings. The fourth-order valence-electron chi connectivity index (χ4n) is 2.96. The van der Waals surface area contributed by atoms with E-state index in [1.54, 1.807) is 0 Å². The highest BCUT2D eigenvalue weighted by atomic mass is 17.1. The van der Waals surface area contributed by atoms with Crippen molar-refractivity contribution in [1.29, 1.82) is 0 Å². The zero-order valence-electron chi connectivity index (χ0n) is 14.8. The Morgan fingerprint density at radius 1 is 0.500 bits per heavy atom. The number of rotatable bonds is 6. The van der Waals surface area contributed by atoms with E-state index in [0.717, 1.165) is 33.4 Å². The van der Waals surface area contributed by atoms with Gasteiger partial charge in [0.25, 0.3) is 0 Å². The van der Waals surface area contributed by atoms with Crippen molar-refractivity contribution < 1.29 is 20.3 Å². The Morgan fingerprint density at radius 2 is 0.731 bits per heavy atom. The van der Waals surface area contributed by atoms with Gasteiger partial charge in [0.05, 0.1) is 0 Å². The van der Waals surface area contributed by atoms with Gasteiger partial charge in [-0.05, 0) is 36.1 Å². The zero-order chi connectivity index (χ0) is 18.5. The van der Waals surface area contributed by atoms with E-state index in [2.05, 4.69) is 0 Å². The standard InChI is InChI=1S/C22H22O4/c1-15-3-7-17(8-4-15)21(25-23)19-11-13-20(14-12-19)22(26-24)18-9-5-16(2)6-10-18/h3-14,21-24H,1-2H3. The van der Waals surface area contributed by atoms with Crippen LogP contribution in [0.15, 0.2) is 72.8 Å². The van der Waals surface area contributed by atoms with E-state index in [4.69, 9.17) is 9.78 Å². The van der Waals surface area contributed by atoms with Gasteiger partial charge in [-0.25, -0.2) is 9.78 Å². The van der Waals surface area contributed by atoms with Crippen LogP contribution in [-0.2, 0) is 9.78 Å². The molecule has 0 aliphatic heterocycles. The first-order valence-electron chi connectivity index (χ1n) is 8.46. The topological polar surface area (TPSA) is 58.9 Å². The third-order valence-corrected chi connectivity index (χ3v) is 4.51. The molecule has 0 amide bonds. The van der Waals surface area contributed by atoms with Gasteiger partial charge < -0.3 is 0 Å². The number of benzene rings is 3. The van der Waals surface area contributed by atoms with Crippen LogP contribution in [0, 0.1) is 13.8 Å². The molecular weight excluding hydrogens is 328 g/mol. The van der Waals surface area contributed by atoms with Gasteiger partial charge in [-0.2, -0.15) is 0 Å². The van der Waals surface area contributed by atoms with Gasteiger partial charge in [-0.1, -0.05) is 83.9 Å². The lowest BCUT2D eigenvalue weighted by Gasteiger charge is -2.18. The Labute approximate surface area is 153 Å². The van der Waals surface area contributed by atoms with Crippen LogP contribution in [0.3, 0.4) is 0 Å². The summed E-state index contributed by atoms with van der Waals surface area (Å²) in [6, 6.07) is 23.0. The molecule has 0 radical (unpaired) electrons. The highest BCUT2D eigenvalue weighted by molar-refractivity contribution is 5.37. The summed E-state index contributed by atoms with van der Waals surface area (Å²) in [7, 11) is 0. The fourth-order valence-corrected chi connectivity index (χ4v) is 2.96. The van der Waals surface area contributed by atoms with Crippen molar-refractivity contribution in [1.82, 2.24) is 0 Å². The van der Waals surface area contributed by atoms with Crippen LogP contribution in [0.25, 0.3) is 0 Å². The van der Waals surface area contributed by atoms with E-state index in [1.165, 1.54) is 0 Å². The second-order valence-corrected chi connectivity index (χ2v) is 6.46.